The van der Waals surface area contributed by atoms with Gasteiger partial charge in [-0.1, -0.05) is 6.92 Å². The van der Waals surface area contributed by atoms with Gasteiger partial charge in [-0.2, -0.15) is 4.98 Å². The third-order valence-corrected chi connectivity index (χ3v) is 2.41. The number of nitrogens with one attached hydrogen (secondary N) is 3. The SMILES string of the molecule is CCCNC(=O)CCNc1nc(NC)ncc1[N+](=O)[O-]. The Bertz CT molecular complexity index is 479. The molecule has 0 atom stereocenters. The molecule has 1 aromatic heterocycles. The fraction of sp³-hybridized carbons (Fsp3) is 0.545. The molecule has 20 heavy (non-hydrogen) atoms. The van der Waals surface area contributed by atoms with E-state index in [-0.39, 0.29) is 36.3 Å². The van der Waals surface area contributed by atoms with Crippen molar-refractivity contribution in [1.82, 2.24) is 15.3 Å². The van der Waals surface area contributed by atoms with Crippen LogP contribution in [0.4, 0.5) is 17.5 Å². The highest BCUT2D eigenvalue weighted by molar-refractivity contribution is 5.76. The minimum Gasteiger partial charge on any atom is -0.364 e. The number of carbonyl (C=O) groups is 1. The highest BCUT2D eigenvalue weighted by Gasteiger charge is 2.16. The van der Waals surface area contributed by atoms with E-state index in [1.165, 1.54) is 0 Å². The van der Waals surface area contributed by atoms with Crippen LogP contribution < -0.4 is 16.0 Å². The predicted molar refractivity (Wildman–Crippen MR) is 74.6 cm³/mol. The molecule has 1 aromatic rings. The summed E-state index contributed by atoms with van der Waals surface area (Å²) in [5.41, 5.74) is -0.224. The van der Waals surface area contributed by atoms with Crippen LogP contribution in [-0.4, -0.2) is 40.9 Å². The van der Waals surface area contributed by atoms with Crippen molar-refractivity contribution >= 4 is 23.4 Å². The molecule has 0 aliphatic heterocycles. The lowest BCUT2D eigenvalue weighted by Gasteiger charge is -2.07. The lowest BCUT2D eigenvalue weighted by Crippen LogP contribution is -2.26. The number of aromatic nitrogens is 2. The Morgan fingerprint density at radius 3 is 2.80 bits per heavy atom. The van der Waals surface area contributed by atoms with Crippen LogP contribution in [0.1, 0.15) is 19.8 Å². The number of rotatable bonds is 8. The molecule has 0 unspecified atom stereocenters. The maximum absolute atomic E-state index is 11.4. The Hall–Kier alpha value is -2.45. The van der Waals surface area contributed by atoms with Crippen molar-refractivity contribution in [2.24, 2.45) is 0 Å². The lowest BCUT2D eigenvalue weighted by atomic mass is 10.3. The van der Waals surface area contributed by atoms with E-state index in [0.717, 1.165) is 12.6 Å². The highest BCUT2D eigenvalue weighted by Crippen LogP contribution is 2.21. The van der Waals surface area contributed by atoms with E-state index >= 15 is 0 Å². The summed E-state index contributed by atoms with van der Waals surface area (Å²) in [5, 5.41) is 19.0. The summed E-state index contributed by atoms with van der Waals surface area (Å²) in [4.78, 5) is 29.4. The predicted octanol–water partition coefficient (Wildman–Crippen LogP) is 0.755. The molecule has 0 saturated heterocycles. The zero-order valence-electron chi connectivity index (χ0n) is 11.5. The number of carbonyl (C=O) groups excluding carboxylic acids is 1. The van der Waals surface area contributed by atoms with E-state index < -0.39 is 4.92 Å². The van der Waals surface area contributed by atoms with E-state index in [2.05, 4.69) is 25.9 Å². The maximum Gasteiger partial charge on any atom is 0.329 e. The van der Waals surface area contributed by atoms with Gasteiger partial charge >= 0.3 is 5.69 Å². The van der Waals surface area contributed by atoms with Gasteiger partial charge in [-0.3, -0.25) is 14.9 Å². The Labute approximate surface area is 116 Å². The molecule has 9 heteroatoms. The molecule has 0 bridgehead atoms. The van der Waals surface area contributed by atoms with Gasteiger partial charge in [0, 0.05) is 26.6 Å². The molecule has 1 amide bonds. The van der Waals surface area contributed by atoms with E-state index in [0.29, 0.717) is 6.54 Å². The monoisotopic (exact) mass is 282 g/mol. The van der Waals surface area contributed by atoms with Crippen molar-refractivity contribution in [1.29, 1.82) is 0 Å². The van der Waals surface area contributed by atoms with E-state index in [4.69, 9.17) is 0 Å². The summed E-state index contributed by atoms with van der Waals surface area (Å²) in [6.45, 7) is 2.84. The number of hydrogen-bond donors (Lipinski definition) is 3. The number of nitrogens with zero attached hydrogens (tertiary/aromatic N) is 3. The molecule has 0 spiro atoms. The van der Waals surface area contributed by atoms with Crippen LogP contribution in [0.5, 0.6) is 0 Å². The van der Waals surface area contributed by atoms with E-state index in [1.54, 1.807) is 7.05 Å². The fourth-order valence-electron chi connectivity index (χ4n) is 1.41. The van der Waals surface area contributed by atoms with Gasteiger partial charge in [0.2, 0.25) is 17.7 Å². The van der Waals surface area contributed by atoms with Crippen LogP contribution in [-0.2, 0) is 4.79 Å². The number of anilines is 2. The zero-order valence-corrected chi connectivity index (χ0v) is 11.5. The van der Waals surface area contributed by atoms with Gasteiger partial charge in [0.1, 0.15) is 6.20 Å². The summed E-state index contributed by atoms with van der Waals surface area (Å²) >= 11 is 0. The van der Waals surface area contributed by atoms with Crippen molar-refractivity contribution in [3.63, 3.8) is 0 Å². The second-order valence-corrected chi connectivity index (χ2v) is 3.96. The summed E-state index contributed by atoms with van der Waals surface area (Å²) in [6.07, 6.45) is 2.20. The zero-order chi connectivity index (χ0) is 15.0. The van der Waals surface area contributed by atoms with Crippen molar-refractivity contribution in [3.8, 4) is 0 Å². The summed E-state index contributed by atoms with van der Waals surface area (Å²) < 4.78 is 0. The average molecular weight is 282 g/mol. The minimum atomic E-state index is -0.571. The van der Waals surface area contributed by atoms with E-state index in [9.17, 15) is 14.9 Å². The van der Waals surface area contributed by atoms with E-state index in [1.807, 2.05) is 6.92 Å². The smallest absolute Gasteiger partial charge is 0.329 e. The maximum atomic E-state index is 11.4. The molecule has 1 heterocycles. The Morgan fingerprint density at radius 2 is 2.20 bits per heavy atom. The van der Waals surface area contributed by atoms with Crippen molar-refractivity contribution in [3.05, 3.63) is 16.3 Å². The molecule has 110 valence electrons. The first kappa shape index (κ1) is 15.6. The summed E-state index contributed by atoms with van der Waals surface area (Å²) in [7, 11) is 1.61. The number of nitro groups is 1. The fourth-order valence-corrected chi connectivity index (χ4v) is 1.41. The van der Waals surface area contributed by atoms with Gasteiger partial charge in [0.05, 0.1) is 4.92 Å². The van der Waals surface area contributed by atoms with Gasteiger partial charge in [0.15, 0.2) is 0 Å². The van der Waals surface area contributed by atoms with Gasteiger partial charge < -0.3 is 16.0 Å². The third-order valence-electron chi connectivity index (χ3n) is 2.41. The molecular formula is C11H18N6O3. The topological polar surface area (TPSA) is 122 Å². The molecule has 0 saturated carbocycles. The van der Waals surface area contributed by atoms with Crippen LogP contribution in [0.3, 0.4) is 0 Å². The number of amides is 1. The molecule has 9 nitrogen and oxygen atoms in total. The molecule has 3 N–H and O–H groups in total. The molecule has 0 radical (unpaired) electrons. The van der Waals surface area contributed by atoms with Crippen molar-refractivity contribution in [2.45, 2.75) is 19.8 Å². The Balaban J connectivity index is 2.61. The van der Waals surface area contributed by atoms with Crippen molar-refractivity contribution in [2.75, 3.05) is 30.8 Å². The first-order valence-corrected chi connectivity index (χ1v) is 6.28. The molecule has 1 rings (SSSR count). The van der Waals surface area contributed by atoms with Gasteiger partial charge in [0.25, 0.3) is 0 Å². The van der Waals surface area contributed by atoms with Gasteiger partial charge in [-0.15, -0.1) is 0 Å². The van der Waals surface area contributed by atoms with Crippen LogP contribution in [0.2, 0.25) is 0 Å². The Morgan fingerprint density at radius 1 is 1.45 bits per heavy atom. The first-order chi connectivity index (χ1) is 9.58. The van der Waals surface area contributed by atoms with Crippen LogP contribution >= 0.6 is 0 Å². The quantitative estimate of drug-likeness (QED) is 0.475. The highest BCUT2D eigenvalue weighted by atomic mass is 16.6. The van der Waals surface area contributed by atoms with Crippen LogP contribution in [0.15, 0.2) is 6.20 Å². The third kappa shape index (κ3) is 4.67. The second-order valence-electron chi connectivity index (χ2n) is 3.96. The van der Waals surface area contributed by atoms with Gasteiger partial charge in [-0.05, 0) is 6.42 Å². The Kier molecular flexibility index (Phi) is 6.14. The molecular weight excluding hydrogens is 264 g/mol. The molecule has 0 aliphatic carbocycles. The normalized spacial score (nSPS) is 9.90. The lowest BCUT2D eigenvalue weighted by molar-refractivity contribution is -0.384. The second kappa shape index (κ2) is 7.87. The molecule has 0 aromatic carbocycles. The van der Waals surface area contributed by atoms with Crippen LogP contribution in [0.25, 0.3) is 0 Å². The molecule has 0 aliphatic rings. The summed E-state index contributed by atoms with van der Waals surface area (Å²) in [6, 6.07) is 0. The van der Waals surface area contributed by atoms with Crippen LogP contribution in [0, 0.1) is 10.1 Å². The van der Waals surface area contributed by atoms with Crippen molar-refractivity contribution < 1.29 is 9.72 Å². The molecule has 0 fully saturated rings. The van der Waals surface area contributed by atoms with Gasteiger partial charge in [-0.25, -0.2) is 4.98 Å². The standard InChI is InChI=1S/C11H18N6O3/c1-3-5-13-9(18)4-6-14-10-8(17(19)20)7-15-11(12-2)16-10/h7H,3-6H2,1-2H3,(H,13,18)(H2,12,14,15,16). The minimum absolute atomic E-state index is 0.0950. The largest absolute Gasteiger partial charge is 0.364 e. The summed E-state index contributed by atoms with van der Waals surface area (Å²) in [5.74, 6) is 0.260. The average Bonchev–Trinajstić information content (AvgIpc) is 2.44. The number of hydrogen-bond acceptors (Lipinski definition) is 7. The first-order valence-electron chi connectivity index (χ1n) is 6.28.